The van der Waals surface area contributed by atoms with Crippen LogP contribution in [0.2, 0.25) is 0 Å². The minimum atomic E-state index is -0.195. The number of piperazine rings is 1. The third kappa shape index (κ3) is 4.67. The molecule has 2 amide bonds. The molecule has 2 aliphatic rings. The molecule has 0 saturated carbocycles. The molecule has 174 valence electrons. The van der Waals surface area contributed by atoms with Crippen LogP contribution in [0.1, 0.15) is 28.7 Å². The maximum atomic E-state index is 13.5. The number of benzene rings is 2. The van der Waals surface area contributed by atoms with Gasteiger partial charge in [-0.05, 0) is 56.0 Å². The molecule has 2 aliphatic heterocycles. The van der Waals surface area contributed by atoms with Gasteiger partial charge >= 0.3 is 0 Å². The average Bonchev–Trinajstić information content (AvgIpc) is 3.04. The van der Waals surface area contributed by atoms with Crippen LogP contribution in [0.4, 0.5) is 5.69 Å². The van der Waals surface area contributed by atoms with Crippen molar-refractivity contribution in [1.82, 2.24) is 9.80 Å². The van der Waals surface area contributed by atoms with Gasteiger partial charge in [0, 0.05) is 52.1 Å². The molecule has 2 aromatic carbocycles. The second-order valence-corrected chi connectivity index (χ2v) is 8.96. The summed E-state index contributed by atoms with van der Waals surface area (Å²) in [6.45, 7) is 10.0. The number of nitrogens with zero attached hydrogens (tertiary/aromatic N) is 3. The fourth-order valence-corrected chi connectivity index (χ4v) is 4.78. The second-order valence-electron chi connectivity index (χ2n) is 8.96. The minimum absolute atomic E-state index is 0.185. The van der Waals surface area contributed by atoms with Gasteiger partial charge in [-0.3, -0.25) is 14.5 Å². The molecule has 1 saturated heterocycles. The molecule has 0 unspecified atom stereocenters. The summed E-state index contributed by atoms with van der Waals surface area (Å²) in [5.74, 6) is -0.380. The van der Waals surface area contributed by atoms with E-state index in [2.05, 4.69) is 47.1 Å². The van der Waals surface area contributed by atoms with Gasteiger partial charge in [0.1, 0.15) is 5.70 Å². The zero-order valence-electron chi connectivity index (χ0n) is 20.1. The fraction of sp³-hybridized carbons (Fsp3) is 0.407. The van der Waals surface area contributed by atoms with Crippen LogP contribution in [0.3, 0.4) is 0 Å². The Balaban J connectivity index is 1.64. The second kappa shape index (κ2) is 9.79. The van der Waals surface area contributed by atoms with E-state index in [0.717, 1.165) is 29.8 Å². The highest BCUT2D eigenvalue weighted by atomic mass is 16.5. The smallest absolute Gasteiger partial charge is 0.277 e. The number of aryl methyl sites for hydroxylation is 3. The van der Waals surface area contributed by atoms with Crippen LogP contribution in [0.5, 0.6) is 0 Å². The van der Waals surface area contributed by atoms with Crippen molar-refractivity contribution >= 4 is 23.1 Å². The van der Waals surface area contributed by atoms with Crippen molar-refractivity contribution < 1.29 is 14.3 Å². The standard InChI is InChI=1S/C27H33N3O3/c1-19-7-5-8-22(18-19)28-12-14-29(15-13-28)25-24(23-10-9-20(2)17-21(23)3)26(31)30(27(25)32)11-6-16-33-4/h5,7-10,17-18H,6,11-16H2,1-4H3. The summed E-state index contributed by atoms with van der Waals surface area (Å²) in [5.41, 5.74) is 6.53. The molecule has 0 N–H and O–H groups in total. The van der Waals surface area contributed by atoms with E-state index in [-0.39, 0.29) is 11.8 Å². The van der Waals surface area contributed by atoms with Crippen molar-refractivity contribution in [2.24, 2.45) is 0 Å². The predicted molar refractivity (Wildman–Crippen MR) is 131 cm³/mol. The highest BCUT2D eigenvalue weighted by Gasteiger charge is 2.42. The summed E-state index contributed by atoms with van der Waals surface area (Å²) in [5, 5.41) is 0. The van der Waals surface area contributed by atoms with Gasteiger partial charge in [-0.2, -0.15) is 0 Å². The van der Waals surface area contributed by atoms with Crippen molar-refractivity contribution in [3.05, 3.63) is 70.4 Å². The molecule has 0 aromatic heterocycles. The van der Waals surface area contributed by atoms with Gasteiger partial charge in [-0.1, -0.05) is 35.9 Å². The molecule has 6 nitrogen and oxygen atoms in total. The Bertz CT molecular complexity index is 1080. The Morgan fingerprint density at radius 3 is 2.21 bits per heavy atom. The average molecular weight is 448 g/mol. The Labute approximate surface area is 196 Å². The first-order valence-corrected chi connectivity index (χ1v) is 11.6. The molecule has 1 fully saturated rings. The molecule has 0 radical (unpaired) electrons. The largest absolute Gasteiger partial charge is 0.385 e. The normalized spacial score (nSPS) is 16.9. The van der Waals surface area contributed by atoms with E-state index in [1.807, 2.05) is 26.0 Å². The van der Waals surface area contributed by atoms with E-state index < -0.39 is 0 Å². The number of carbonyl (C=O) groups excluding carboxylic acids is 2. The molecular formula is C27H33N3O3. The molecule has 2 heterocycles. The number of rotatable bonds is 7. The van der Waals surface area contributed by atoms with Crippen molar-refractivity contribution in [2.45, 2.75) is 27.2 Å². The van der Waals surface area contributed by atoms with E-state index in [9.17, 15) is 9.59 Å². The number of hydrogen-bond acceptors (Lipinski definition) is 5. The Kier molecular flexibility index (Phi) is 6.84. The van der Waals surface area contributed by atoms with Gasteiger partial charge in [-0.15, -0.1) is 0 Å². The molecule has 33 heavy (non-hydrogen) atoms. The van der Waals surface area contributed by atoms with Crippen LogP contribution in [-0.4, -0.2) is 68.1 Å². The summed E-state index contributed by atoms with van der Waals surface area (Å²) >= 11 is 0. The van der Waals surface area contributed by atoms with Crippen molar-refractivity contribution in [2.75, 3.05) is 51.3 Å². The lowest BCUT2D eigenvalue weighted by molar-refractivity contribution is -0.137. The van der Waals surface area contributed by atoms with Crippen molar-refractivity contribution in [1.29, 1.82) is 0 Å². The third-order valence-electron chi connectivity index (χ3n) is 6.49. The Morgan fingerprint density at radius 2 is 1.55 bits per heavy atom. The topological polar surface area (TPSA) is 53.1 Å². The molecule has 6 heteroatoms. The molecule has 0 aliphatic carbocycles. The zero-order valence-corrected chi connectivity index (χ0v) is 20.1. The van der Waals surface area contributed by atoms with Crippen molar-refractivity contribution in [3.63, 3.8) is 0 Å². The van der Waals surface area contributed by atoms with Crippen molar-refractivity contribution in [3.8, 4) is 0 Å². The quantitative estimate of drug-likeness (QED) is 0.480. The number of ether oxygens (including phenoxy) is 1. The number of hydrogen-bond donors (Lipinski definition) is 0. The van der Waals surface area contributed by atoms with E-state index in [1.54, 1.807) is 7.11 Å². The summed E-state index contributed by atoms with van der Waals surface area (Å²) in [7, 11) is 1.63. The summed E-state index contributed by atoms with van der Waals surface area (Å²) in [6.07, 6.45) is 0.628. The maximum absolute atomic E-state index is 13.5. The van der Waals surface area contributed by atoms with Crippen LogP contribution in [0.25, 0.3) is 5.57 Å². The molecule has 2 aromatic rings. The SMILES string of the molecule is COCCCN1C(=O)C(c2ccc(C)cc2C)=C(N2CCN(c3cccc(C)c3)CC2)C1=O. The summed E-state index contributed by atoms with van der Waals surface area (Å²) in [6, 6.07) is 14.6. The van der Waals surface area contributed by atoms with E-state index in [0.29, 0.717) is 43.9 Å². The van der Waals surface area contributed by atoms with E-state index >= 15 is 0 Å². The maximum Gasteiger partial charge on any atom is 0.277 e. The number of carbonyl (C=O) groups is 2. The first-order chi connectivity index (χ1) is 15.9. The summed E-state index contributed by atoms with van der Waals surface area (Å²) < 4.78 is 5.14. The lowest BCUT2D eigenvalue weighted by Gasteiger charge is -2.38. The van der Waals surface area contributed by atoms with Gasteiger partial charge in [0.2, 0.25) is 0 Å². The number of amides is 2. The lowest BCUT2D eigenvalue weighted by atomic mass is 9.97. The van der Waals surface area contributed by atoms with Gasteiger partial charge < -0.3 is 14.5 Å². The monoisotopic (exact) mass is 447 g/mol. The highest BCUT2D eigenvalue weighted by molar-refractivity contribution is 6.35. The number of imide groups is 1. The molecule has 4 rings (SSSR count). The van der Waals surface area contributed by atoms with Crippen LogP contribution < -0.4 is 4.90 Å². The van der Waals surface area contributed by atoms with Crippen LogP contribution in [-0.2, 0) is 14.3 Å². The molecule has 0 bridgehead atoms. The Morgan fingerprint density at radius 1 is 0.848 bits per heavy atom. The zero-order chi connectivity index (χ0) is 23.5. The number of anilines is 1. The van der Waals surface area contributed by atoms with Crippen LogP contribution in [0.15, 0.2) is 48.2 Å². The van der Waals surface area contributed by atoms with Crippen LogP contribution in [0, 0.1) is 20.8 Å². The van der Waals surface area contributed by atoms with Gasteiger partial charge in [0.05, 0.1) is 5.57 Å². The fourth-order valence-electron chi connectivity index (χ4n) is 4.78. The third-order valence-corrected chi connectivity index (χ3v) is 6.49. The Hall–Kier alpha value is -3.12. The number of methoxy groups -OCH3 is 1. The van der Waals surface area contributed by atoms with Gasteiger partial charge in [-0.25, -0.2) is 0 Å². The highest BCUT2D eigenvalue weighted by Crippen LogP contribution is 2.34. The van der Waals surface area contributed by atoms with E-state index in [1.165, 1.54) is 16.2 Å². The first-order valence-electron chi connectivity index (χ1n) is 11.6. The molecule has 0 atom stereocenters. The predicted octanol–water partition coefficient (Wildman–Crippen LogP) is 3.55. The van der Waals surface area contributed by atoms with Crippen LogP contribution >= 0.6 is 0 Å². The van der Waals surface area contributed by atoms with Gasteiger partial charge in [0.25, 0.3) is 11.8 Å². The lowest BCUT2D eigenvalue weighted by Crippen LogP contribution is -2.47. The van der Waals surface area contributed by atoms with E-state index in [4.69, 9.17) is 4.74 Å². The molecule has 0 spiro atoms. The molecular weight excluding hydrogens is 414 g/mol. The minimum Gasteiger partial charge on any atom is -0.385 e. The van der Waals surface area contributed by atoms with Gasteiger partial charge in [0.15, 0.2) is 0 Å². The summed E-state index contributed by atoms with van der Waals surface area (Å²) in [4.78, 5) is 32.9. The first kappa shape index (κ1) is 23.1.